The minimum absolute atomic E-state index is 0.497. The van der Waals surface area contributed by atoms with Crippen LogP contribution in [0.4, 0.5) is 0 Å². The molecule has 0 aromatic carbocycles. The van der Waals surface area contributed by atoms with E-state index in [4.69, 9.17) is 11.6 Å². The van der Waals surface area contributed by atoms with Crippen LogP contribution >= 0.6 is 22.9 Å². The lowest BCUT2D eigenvalue weighted by molar-refractivity contribution is 0.551. The lowest BCUT2D eigenvalue weighted by atomic mass is 10.1. The molecule has 0 spiro atoms. The fraction of sp³-hybridized carbons (Fsp3) is 0.500. The van der Waals surface area contributed by atoms with E-state index in [1.165, 1.54) is 10.4 Å². The molecule has 1 atom stereocenters. The molecule has 0 amide bonds. The number of halogens is 1. The molecule has 0 radical (unpaired) electrons. The van der Waals surface area contributed by atoms with Crippen molar-refractivity contribution < 1.29 is 0 Å². The lowest BCUT2D eigenvalue weighted by Gasteiger charge is -2.20. The predicted octanol–water partition coefficient (Wildman–Crippen LogP) is 2.61. The van der Waals surface area contributed by atoms with Gasteiger partial charge in [-0.2, -0.15) is 0 Å². The Hall–Kier alpha value is -0.0500. The third-order valence-electron chi connectivity index (χ3n) is 2.09. The summed E-state index contributed by atoms with van der Waals surface area (Å²) in [7, 11) is 0. The van der Waals surface area contributed by atoms with E-state index in [-0.39, 0.29) is 0 Å². The van der Waals surface area contributed by atoms with Crippen LogP contribution in [0.25, 0.3) is 0 Å². The second kappa shape index (κ2) is 2.77. The van der Waals surface area contributed by atoms with Crippen molar-refractivity contribution in [3.63, 3.8) is 0 Å². The Bertz CT molecular complexity index is 269. The van der Waals surface area contributed by atoms with E-state index in [1.54, 1.807) is 11.3 Å². The minimum Gasteiger partial charge on any atom is -0.309 e. The molecule has 1 N–H and O–H groups in total. The topological polar surface area (TPSA) is 12.0 Å². The number of fused-ring (bicyclic) bond motifs is 1. The first-order valence-corrected chi connectivity index (χ1v) is 5.04. The maximum Gasteiger partial charge on any atom is 0.0548 e. The summed E-state index contributed by atoms with van der Waals surface area (Å²) in [5, 5.41) is 6.40. The largest absolute Gasteiger partial charge is 0.309 e. The van der Waals surface area contributed by atoms with Gasteiger partial charge in [-0.25, -0.2) is 0 Å². The van der Waals surface area contributed by atoms with Crippen molar-refractivity contribution in [3.8, 4) is 0 Å². The Labute approximate surface area is 75.4 Å². The summed E-state index contributed by atoms with van der Waals surface area (Å²) in [5.74, 6) is 0. The Morgan fingerprint density at radius 1 is 1.73 bits per heavy atom. The quantitative estimate of drug-likeness (QED) is 0.659. The van der Waals surface area contributed by atoms with Gasteiger partial charge in [0.05, 0.1) is 5.02 Å². The summed E-state index contributed by atoms with van der Waals surface area (Å²) in [5.41, 5.74) is 1.36. The van der Waals surface area contributed by atoms with Crippen molar-refractivity contribution in [2.45, 2.75) is 19.4 Å². The van der Waals surface area contributed by atoms with Crippen LogP contribution in [0, 0.1) is 0 Å². The number of rotatable bonds is 0. The lowest BCUT2D eigenvalue weighted by Crippen LogP contribution is -2.26. The van der Waals surface area contributed by atoms with Gasteiger partial charge in [-0.3, -0.25) is 0 Å². The van der Waals surface area contributed by atoms with Crippen LogP contribution in [0.5, 0.6) is 0 Å². The Kier molecular flexibility index (Phi) is 1.91. The molecule has 1 aromatic heterocycles. The standard InChI is InChI=1S/C8H10ClNS/c1-5-8-6(2-3-10-5)7(9)4-11-8/h4-5,10H,2-3H2,1H3. The summed E-state index contributed by atoms with van der Waals surface area (Å²) < 4.78 is 0. The fourth-order valence-corrected chi connectivity index (χ4v) is 2.89. The van der Waals surface area contributed by atoms with Gasteiger partial charge in [0, 0.05) is 16.3 Å². The molecule has 1 aliphatic heterocycles. The molecule has 1 nitrogen and oxygen atoms in total. The van der Waals surface area contributed by atoms with Crippen LogP contribution in [-0.2, 0) is 6.42 Å². The van der Waals surface area contributed by atoms with Crippen molar-refractivity contribution in [1.29, 1.82) is 0 Å². The molecule has 0 saturated carbocycles. The van der Waals surface area contributed by atoms with E-state index in [0.717, 1.165) is 18.0 Å². The number of thiophene rings is 1. The van der Waals surface area contributed by atoms with Crippen LogP contribution in [0.1, 0.15) is 23.4 Å². The van der Waals surface area contributed by atoms with Crippen LogP contribution in [0.3, 0.4) is 0 Å². The minimum atomic E-state index is 0.497. The third kappa shape index (κ3) is 1.19. The normalized spacial score (nSPS) is 23.3. The first-order chi connectivity index (χ1) is 5.29. The first kappa shape index (κ1) is 7.59. The van der Waals surface area contributed by atoms with Crippen molar-refractivity contribution in [2.75, 3.05) is 6.54 Å². The highest BCUT2D eigenvalue weighted by Gasteiger charge is 2.19. The molecule has 3 heteroatoms. The summed E-state index contributed by atoms with van der Waals surface area (Å²) in [6, 6.07) is 0.497. The maximum absolute atomic E-state index is 6.01. The van der Waals surface area contributed by atoms with Crippen molar-refractivity contribution in [3.05, 3.63) is 20.8 Å². The molecule has 1 aliphatic rings. The van der Waals surface area contributed by atoms with E-state index < -0.39 is 0 Å². The van der Waals surface area contributed by atoms with E-state index in [1.807, 2.05) is 5.38 Å². The molecular formula is C8H10ClNS. The Morgan fingerprint density at radius 2 is 2.55 bits per heavy atom. The number of hydrogen-bond acceptors (Lipinski definition) is 2. The SMILES string of the molecule is CC1NCCc2c(Cl)csc21. The molecule has 2 heterocycles. The van der Waals surface area contributed by atoms with Crippen LogP contribution in [-0.4, -0.2) is 6.54 Å². The van der Waals surface area contributed by atoms with Gasteiger partial charge in [-0.1, -0.05) is 11.6 Å². The van der Waals surface area contributed by atoms with E-state index >= 15 is 0 Å². The van der Waals surface area contributed by atoms with Gasteiger partial charge in [0.2, 0.25) is 0 Å². The molecular weight excluding hydrogens is 178 g/mol. The summed E-state index contributed by atoms with van der Waals surface area (Å²) in [4.78, 5) is 1.42. The number of hydrogen-bond donors (Lipinski definition) is 1. The molecule has 1 unspecified atom stereocenters. The molecule has 60 valence electrons. The van der Waals surface area contributed by atoms with Gasteiger partial charge in [-0.15, -0.1) is 11.3 Å². The monoisotopic (exact) mass is 187 g/mol. The van der Waals surface area contributed by atoms with Gasteiger partial charge in [0.1, 0.15) is 0 Å². The highest BCUT2D eigenvalue weighted by atomic mass is 35.5. The molecule has 2 rings (SSSR count). The third-order valence-corrected chi connectivity index (χ3v) is 3.77. The van der Waals surface area contributed by atoms with Crippen LogP contribution in [0.2, 0.25) is 5.02 Å². The van der Waals surface area contributed by atoms with Crippen LogP contribution in [0.15, 0.2) is 5.38 Å². The summed E-state index contributed by atoms with van der Waals surface area (Å²) in [6.07, 6.45) is 1.09. The number of nitrogens with one attached hydrogen (secondary N) is 1. The first-order valence-electron chi connectivity index (χ1n) is 3.78. The molecule has 0 bridgehead atoms. The zero-order valence-corrected chi connectivity index (χ0v) is 7.93. The van der Waals surface area contributed by atoms with E-state index in [2.05, 4.69) is 12.2 Å². The van der Waals surface area contributed by atoms with Gasteiger partial charge in [0.15, 0.2) is 0 Å². The highest BCUT2D eigenvalue weighted by molar-refractivity contribution is 7.10. The van der Waals surface area contributed by atoms with Gasteiger partial charge in [-0.05, 0) is 25.5 Å². The summed E-state index contributed by atoms with van der Waals surface area (Å²) in [6.45, 7) is 3.25. The van der Waals surface area contributed by atoms with Crippen molar-refractivity contribution >= 4 is 22.9 Å². The van der Waals surface area contributed by atoms with E-state index in [9.17, 15) is 0 Å². The molecule has 0 saturated heterocycles. The average molecular weight is 188 g/mol. The van der Waals surface area contributed by atoms with Crippen molar-refractivity contribution in [1.82, 2.24) is 5.32 Å². The molecule has 1 aromatic rings. The highest BCUT2D eigenvalue weighted by Crippen LogP contribution is 2.34. The van der Waals surface area contributed by atoms with Gasteiger partial charge in [0.25, 0.3) is 0 Å². The molecule has 0 aliphatic carbocycles. The van der Waals surface area contributed by atoms with Gasteiger partial charge < -0.3 is 5.32 Å². The Balaban J connectivity index is 2.46. The Morgan fingerprint density at radius 3 is 3.27 bits per heavy atom. The second-order valence-corrected chi connectivity index (χ2v) is 4.17. The summed E-state index contributed by atoms with van der Waals surface area (Å²) >= 11 is 7.77. The second-order valence-electron chi connectivity index (χ2n) is 2.85. The van der Waals surface area contributed by atoms with E-state index in [0.29, 0.717) is 6.04 Å². The maximum atomic E-state index is 6.01. The van der Waals surface area contributed by atoms with Crippen molar-refractivity contribution in [2.24, 2.45) is 0 Å². The fourth-order valence-electron chi connectivity index (χ4n) is 1.49. The smallest absolute Gasteiger partial charge is 0.0548 e. The van der Waals surface area contributed by atoms with Crippen LogP contribution < -0.4 is 5.32 Å². The predicted molar refractivity (Wildman–Crippen MR) is 49.5 cm³/mol. The zero-order valence-electron chi connectivity index (χ0n) is 6.36. The molecule has 0 fully saturated rings. The van der Waals surface area contributed by atoms with Gasteiger partial charge >= 0.3 is 0 Å². The average Bonchev–Trinajstić information content (AvgIpc) is 2.35. The molecule has 11 heavy (non-hydrogen) atoms. The zero-order chi connectivity index (χ0) is 7.84.